The van der Waals surface area contributed by atoms with Crippen LogP contribution in [0, 0.1) is 0 Å². The molecule has 0 radical (unpaired) electrons. The van der Waals surface area contributed by atoms with Gasteiger partial charge in [-0.1, -0.05) is 13.8 Å². The first-order chi connectivity index (χ1) is 10.3. The van der Waals surface area contributed by atoms with Crippen molar-refractivity contribution >= 4 is 10.9 Å². The molecule has 0 unspecified atom stereocenters. The van der Waals surface area contributed by atoms with Gasteiger partial charge in [-0.25, -0.2) is 0 Å². The molecule has 1 saturated carbocycles. The molecular weight excluding hydrogens is 262 g/mol. The fourth-order valence-electron chi connectivity index (χ4n) is 3.38. The summed E-state index contributed by atoms with van der Waals surface area (Å²) >= 11 is 0. The van der Waals surface area contributed by atoms with Crippen LogP contribution in [0.25, 0.3) is 10.9 Å². The highest BCUT2D eigenvalue weighted by Crippen LogP contribution is 2.31. The average Bonchev–Trinajstić information content (AvgIpc) is 2.98. The van der Waals surface area contributed by atoms with Gasteiger partial charge in [0.25, 0.3) is 0 Å². The zero-order valence-corrected chi connectivity index (χ0v) is 13.0. The Labute approximate surface area is 126 Å². The predicted octanol–water partition coefficient (Wildman–Crippen LogP) is 3.42. The molecular formula is C17H25N3O. The molecule has 0 amide bonds. The zero-order chi connectivity index (χ0) is 14.7. The minimum Gasteiger partial charge on any atom is -0.490 e. The van der Waals surface area contributed by atoms with Crippen molar-refractivity contribution in [2.45, 2.75) is 58.1 Å². The summed E-state index contributed by atoms with van der Waals surface area (Å²) in [4.78, 5) is 0. The molecule has 2 aromatic rings. The monoisotopic (exact) mass is 287 g/mol. The fraction of sp³-hybridized carbons (Fsp3) is 0.588. The van der Waals surface area contributed by atoms with Crippen molar-refractivity contribution in [3.63, 3.8) is 0 Å². The number of rotatable bonds is 5. The van der Waals surface area contributed by atoms with E-state index in [1.54, 1.807) is 0 Å². The third-order valence-corrected chi connectivity index (χ3v) is 4.51. The van der Waals surface area contributed by atoms with Crippen molar-refractivity contribution in [3.8, 4) is 5.75 Å². The molecule has 2 N–H and O–H groups in total. The largest absolute Gasteiger partial charge is 0.490 e. The van der Waals surface area contributed by atoms with E-state index in [2.05, 4.69) is 41.5 Å². The quantitative estimate of drug-likeness (QED) is 0.886. The van der Waals surface area contributed by atoms with E-state index in [0.29, 0.717) is 12.1 Å². The summed E-state index contributed by atoms with van der Waals surface area (Å²) in [6, 6.07) is 4.84. The summed E-state index contributed by atoms with van der Waals surface area (Å²) in [5.41, 5.74) is 2.37. The first-order valence-corrected chi connectivity index (χ1v) is 8.16. The number of hydrogen-bond donors (Lipinski definition) is 2. The second-order valence-corrected chi connectivity index (χ2v) is 5.88. The number of benzene rings is 1. The van der Waals surface area contributed by atoms with Gasteiger partial charge in [0.05, 0.1) is 17.8 Å². The Kier molecular flexibility index (Phi) is 4.44. The molecule has 0 atom stereocenters. The predicted molar refractivity (Wildman–Crippen MR) is 85.8 cm³/mol. The van der Waals surface area contributed by atoms with Gasteiger partial charge in [0.2, 0.25) is 0 Å². The number of aromatic nitrogens is 2. The number of fused-ring (bicyclic) bond motifs is 1. The number of aryl methyl sites for hydroxylation is 1. The van der Waals surface area contributed by atoms with Crippen LogP contribution < -0.4 is 10.1 Å². The molecule has 0 saturated heterocycles. The van der Waals surface area contributed by atoms with Crippen molar-refractivity contribution in [2.24, 2.45) is 0 Å². The topological polar surface area (TPSA) is 49.9 Å². The molecule has 4 nitrogen and oxygen atoms in total. The van der Waals surface area contributed by atoms with Gasteiger partial charge in [0.15, 0.2) is 0 Å². The third-order valence-electron chi connectivity index (χ3n) is 4.51. The van der Waals surface area contributed by atoms with Gasteiger partial charge in [0, 0.05) is 17.0 Å². The van der Waals surface area contributed by atoms with E-state index in [1.165, 1.54) is 23.8 Å². The number of nitrogens with zero attached hydrogens (tertiary/aromatic N) is 1. The molecule has 114 valence electrons. The lowest BCUT2D eigenvalue weighted by Crippen LogP contribution is -2.36. The van der Waals surface area contributed by atoms with Gasteiger partial charge < -0.3 is 10.1 Å². The summed E-state index contributed by atoms with van der Waals surface area (Å²) in [5, 5.41) is 11.9. The second-order valence-electron chi connectivity index (χ2n) is 5.88. The molecule has 1 aromatic carbocycles. The summed E-state index contributed by atoms with van der Waals surface area (Å²) in [6.45, 7) is 5.42. The molecule has 0 aliphatic heterocycles. The molecule has 4 heteroatoms. The van der Waals surface area contributed by atoms with E-state index in [1.807, 2.05) is 6.20 Å². The van der Waals surface area contributed by atoms with Crippen LogP contribution in [-0.2, 0) is 6.42 Å². The van der Waals surface area contributed by atoms with E-state index < -0.39 is 0 Å². The van der Waals surface area contributed by atoms with E-state index >= 15 is 0 Å². The highest BCUT2D eigenvalue weighted by molar-refractivity contribution is 5.84. The van der Waals surface area contributed by atoms with E-state index in [0.717, 1.165) is 37.1 Å². The number of hydrogen-bond acceptors (Lipinski definition) is 3. The van der Waals surface area contributed by atoms with Gasteiger partial charge in [0.1, 0.15) is 5.75 Å². The highest BCUT2D eigenvalue weighted by atomic mass is 16.5. The molecule has 1 heterocycles. The van der Waals surface area contributed by atoms with Crippen LogP contribution in [0.1, 0.15) is 45.1 Å². The van der Waals surface area contributed by atoms with Gasteiger partial charge in [-0.2, -0.15) is 5.10 Å². The average molecular weight is 287 g/mol. The summed E-state index contributed by atoms with van der Waals surface area (Å²) < 4.78 is 6.31. The first kappa shape index (κ1) is 14.4. The van der Waals surface area contributed by atoms with Gasteiger partial charge in [-0.3, -0.25) is 5.10 Å². The molecule has 1 aromatic heterocycles. The molecule has 21 heavy (non-hydrogen) atoms. The van der Waals surface area contributed by atoms with Gasteiger partial charge in [-0.15, -0.1) is 0 Å². The van der Waals surface area contributed by atoms with Crippen LogP contribution in [-0.4, -0.2) is 28.9 Å². The van der Waals surface area contributed by atoms with Crippen LogP contribution in [0.3, 0.4) is 0 Å². The lowest BCUT2D eigenvalue weighted by Gasteiger charge is -2.30. The third kappa shape index (κ3) is 3.05. The van der Waals surface area contributed by atoms with Gasteiger partial charge >= 0.3 is 0 Å². The number of ether oxygens (including phenoxy) is 1. The van der Waals surface area contributed by atoms with Crippen LogP contribution in [0.5, 0.6) is 5.75 Å². The van der Waals surface area contributed by atoms with E-state index in [-0.39, 0.29) is 0 Å². The Morgan fingerprint density at radius 2 is 2.05 bits per heavy atom. The Bertz CT molecular complexity index is 585. The Balaban J connectivity index is 1.70. The molecule has 3 rings (SSSR count). The second kappa shape index (κ2) is 6.48. The lowest BCUT2D eigenvalue weighted by atomic mass is 9.93. The fourth-order valence-corrected chi connectivity index (χ4v) is 3.38. The zero-order valence-electron chi connectivity index (χ0n) is 13.0. The van der Waals surface area contributed by atoms with Crippen molar-refractivity contribution in [1.82, 2.24) is 15.5 Å². The Morgan fingerprint density at radius 1 is 1.24 bits per heavy atom. The number of aromatic amines is 1. The minimum atomic E-state index is 0.356. The SMILES string of the molecule is CCNC1CCC(Oc2ccc3[nH]ncc3c2CC)CC1. The summed E-state index contributed by atoms with van der Waals surface area (Å²) in [5.74, 6) is 1.04. The van der Waals surface area contributed by atoms with Crippen molar-refractivity contribution in [1.29, 1.82) is 0 Å². The number of H-pyrrole nitrogens is 1. The van der Waals surface area contributed by atoms with E-state index in [4.69, 9.17) is 4.74 Å². The Hall–Kier alpha value is -1.55. The van der Waals surface area contributed by atoms with Crippen LogP contribution in [0.4, 0.5) is 0 Å². The highest BCUT2D eigenvalue weighted by Gasteiger charge is 2.22. The maximum Gasteiger partial charge on any atom is 0.123 e. The summed E-state index contributed by atoms with van der Waals surface area (Å²) in [7, 11) is 0. The molecule has 1 aliphatic rings. The molecule has 0 spiro atoms. The maximum absolute atomic E-state index is 6.31. The maximum atomic E-state index is 6.31. The normalized spacial score (nSPS) is 22.6. The van der Waals surface area contributed by atoms with Crippen LogP contribution in [0.2, 0.25) is 0 Å². The van der Waals surface area contributed by atoms with Crippen LogP contribution >= 0.6 is 0 Å². The van der Waals surface area contributed by atoms with Crippen LogP contribution in [0.15, 0.2) is 18.3 Å². The van der Waals surface area contributed by atoms with E-state index in [9.17, 15) is 0 Å². The van der Waals surface area contributed by atoms with Crippen molar-refractivity contribution < 1.29 is 4.74 Å². The first-order valence-electron chi connectivity index (χ1n) is 8.16. The molecule has 0 bridgehead atoms. The minimum absolute atomic E-state index is 0.356. The van der Waals surface area contributed by atoms with Crippen molar-refractivity contribution in [2.75, 3.05) is 6.54 Å². The Morgan fingerprint density at radius 3 is 2.76 bits per heavy atom. The molecule has 1 aliphatic carbocycles. The molecule has 1 fully saturated rings. The standard InChI is InChI=1S/C17H25N3O/c1-3-14-15-11-19-20-16(15)9-10-17(14)21-13-7-5-12(6-8-13)18-4-2/h9-13,18H,3-8H2,1-2H3,(H,19,20). The smallest absolute Gasteiger partial charge is 0.123 e. The summed E-state index contributed by atoms with van der Waals surface area (Å²) in [6.07, 6.45) is 7.95. The number of nitrogens with one attached hydrogen (secondary N) is 2. The lowest BCUT2D eigenvalue weighted by molar-refractivity contribution is 0.139. The van der Waals surface area contributed by atoms with Crippen molar-refractivity contribution in [3.05, 3.63) is 23.9 Å². The van der Waals surface area contributed by atoms with Gasteiger partial charge in [-0.05, 0) is 50.8 Å².